The summed E-state index contributed by atoms with van der Waals surface area (Å²) in [6.45, 7) is 3.96. The van der Waals surface area contributed by atoms with Gasteiger partial charge in [-0.3, -0.25) is 4.79 Å². The van der Waals surface area contributed by atoms with Gasteiger partial charge >= 0.3 is 0 Å². The lowest BCUT2D eigenvalue weighted by molar-refractivity contribution is -0.115. The standard InChI is InChI=1S/C14H13N3OS/c1-8-3-4-9(2)13-11(8)5-10(6-15)14(17-13)19-7-12(16)18/h3-5H,7H2,1-2H3,(H2,16,18). The van der Waals surface area contributed by atoms with Crippen molar-refractivity contribution in [3.05, 3.63) is 34.9 Å². The number of fused-ring (bicyclic) bond motifs is 1. The Balaban J connectivity index is 2.61. The van der Waals surface area contributed by atoms with E-state index in [1.54, 1.807) is 0 Å². The zero-order valence-electron chi connectivity index (χ0n) is 10.7. The van der Waals surface area contributed by atoms with Crippen LogP contribution in [0.5, 0.6) is 0 Å². The van der Waals surface area contributed by atoms with Crippen molar-refractivity contribution >= 4 is 28.6 Å². The van der Waals surface area contributed by atoms with Gasteiger partial charge in [-0.1, -0.05) is 23.9 Å². The molecule has 0 bridgehead atoms. The predicted octanol–water partition coefficient (Wildman–Crippen LogP) is 2.30. The topological polar surface area (TPSA) is 79.8 Å². The maximum Gasteiger partial charge on any atom is 0.227 e. The molecule has 0 atom stereocenters. The number of pyridine rings is 1. The average Bonchev–Trinajstić information content (AvgIpc) is 2.39. The maximum absolute atomic E-state index is 10.8. The van der Waals surface area contributed by atoms with Gasteiger partial charge in [0.1, 0.15) is 11.1 Å². The molecule has 96 valence electrons. The number of nitrogens with zero attached hydrogens (tertiary/aromatic N) is 2. The predicted molar refractivity (Wildman–Crippen MR) is 75.9 cm³/mol. The average molecular weight is 271 g/mol. The molecule has 0 unspecified atom stereocenters. The quantitative estimate of drug-likeness (QED) is 0.869. The minimum atomic E-state index is -0.420. The van der Waals surface area contributed by atoms with Crippen molar-refractivity contribution in [1.82, 2.24) is 4.98 Å². The highest BCUT2D eigenvalue weighted by Gasteiger charge is 2.11. The Morgan fingerprint density at radius 2 is 2.11 bits per heavy atom. The Bertz CT molecular complexity index is 704. The second kappa shape index (κ2) is 5.29. The first kappa shape index (κ1) is 13.4. The molecule has 1 heterocycles. The monoisotopic (exact) mass is 271 g/mol. The first-order valence-electron chi connectivity index (χ1n) is 5.75. The van der Waals surface area contributed by atoms with Crippen LogP contribution in [-0.4, -0.2) is 16.6 Å². The molecule has 2 aromatic rings. The number of rotatable bonds is 3. The summed E-state index contributed by atoms with van der Waals surface area (Å²) in [6.07, 6.45) is 0. The lowest BCUT2D eigenvalue weighted by Crippen LogP contribution is -2.13. The molecule has 2 rings (SSSR count). The van der Waals surface area contributed by atoms with Gasteiger partial charge in [0.15, 0.2) is 0 Å². The molecule has 19 heavy (non-hydrogen) atoms. The molecular weight excluding hydrogens is 258 g/mol. The Hall–Kier alpha value is -2.06. The number of amides is 1. The van der Waals surface area contributed by atoms with Crippen LogP contribution in [0.1, 0.15) is 16.7 Å². The summed E-state index contributed by atoms with van der Waals surface area (Å²) in [5, 5.41) is 10.7. The molecule has 0 spiro atoms. The summed E-state index contributed by atoms with van der Waals surface area (Å²) in [5.41, 5.74) is 8.60. The van der Waals surface area contributed by atoms with E-state index >= 15 is 0 Å². The Kier molecular flexibility index (Phi) is 3.72. The number of hydrogen-bond donors (Lipinski definition) is 1. The summed E-state index contributed by atoms with van der Waals surface area (Å²) in [6, 6.07) is 7.96. The van der Waals surface area contributed by atoms with E-state index in [9.17, 15) is 10.1 Å². The number of carbonyl (C=O) groups excluding carboxylic acids is 1. The van der Waals surface area contributed by atoms with E-state index in [1.165, 1.54) is 11.8 Å². The number of aromatic nitrogens is 1. The molecule has 2 N–H and O–H groups in total. The van der Waals surface area contributed by atoms with E-state index in [-0.39, 0.29) is 5.75 Å². The molecule has 1 aromatic heterocycles. The fourth-order valence-electron chi connectivity index (χ4n) is 1.85. The van der Waals surface area contributed by atoms with Crippen LogP contribution in [0.25, 0.3) is 10.9 Å². The number of thioether (sulfide) groups is 1. The zero-order valence-corrected chi connectivity index (χ0v) is 11.5. The van der Waals surface area contributed by atoms with E-state index < -0.39 is 5.91 Å². The summed E-state index contributed by atoms with van der Waals surface area (Å²) in [7, 11) is 0. The van der Waals surface area contributed by atoms with Gasteiger partial charge in [-0.05, 0) is 31.0 Å². The molecular formula is C14H13N3OS. The van der Waals surface area contributed by atoms with Crippen molar-refractivity contribution in [3.63, 3.8) is 0 Å². The fourth-order valence-corrected chi connectivity index (χ4v) is 2.54. The van der Waals surface area contributed by atoms with Crippen LogP contribution in [-0.2, 0) is 4.79 Å². The largest absolute Gasteiger partial charge is 0.369 e. The molecule has 0 aliphatic rings. The van der Waals surface area contributed by atoms with Crippen LogP contribution in [0.15, 0.2) is 23.2 Å². The normalized spacial score (nSPS) is 10.4. The van der Waals surface area contributed by atoms with E-state index in [0.29, 0.717) is 10.6 Å². The van der Waals surface area contributed by atoms with Gasteiger partial charge in [0.05, 0.1) is 16.8 Å². The van der Waals surface area contributed by atoms with Crippen LogP contribution in [0.4, 0.5) is 0 Å². The van der Waals surface area contributed by atoms with Gasteiger partial charge in [-0.15, -0.1) is 0 Å². The summed E-state index contributed by atoms with van der Waals surface area (Å²) in [4.78, 5) is 15.4. The van der Waals surface area contributed by atoms with E-state index in [1.807, 2.05) is 32.0 Å². The summed E-state index contributed by atoms with van der Waals surface area (Å²) >= 11 is 1.20. The lowest BCUT2D eigenvalue weighted by atomic mass is 10.0. The first-order chi connectivity index (χ1) is 9.02. The number of carbonyl (C=O) groups is 1. The van der Waals surface area contributed by atoms with Crippen LogP contribution in [0.3, 0.4) is 0 Å². The number of benzene rings is 1. The van der Waals surface area contributed by atoms with Gasteiger partial charge in [-0.25, -0.2) is 4.98 Å². The second-order valence-electron chi connectivity index (χ2n) is 4.30. The van der Waals surface area contributed by atoms with E-state index in [0.717, 1.165) is 22.0 Å². The maximum atomic E-state index is 10.8. The van der Waals surface area contributed by atoms with Crippen molar-refractivity contribution in [1.29, 1.82) is 5.26 Å². The van der Waals surface area contributed by atoms with E-state index in [2.05, 4.69) is 11.1 Å². The third-order valence-electron chi connectivity index (χ3n) is 2.84. The van der Waals surface area contributed by atoms with Crippen molar-refractivity contribution < 1.29 is 4.79 Å². The number of hydrogen-bond acceptors (Lipinski definition) is 4. The number of nitriles is 1. The highest BCUT2D eigenvalue weighted by Crippen LogP contribution is 2.27. The van der Waals surface area contributed by atoms with Gasteiger partial charge in [0.2, 0.25) is 5.91 Å². The van der Waals surface area contributed by atoms with Crippen molar-refractivity contribution in [2.45, 2.75) is 18.9 Å². The zero-order chi connectivity index (χ0) is 14.0. The Morgan fingerprint density at radius 3 is 2.74 bits per heavy atom. The van der Waals surface area contributed by atoms with Crippen LogP contribution >= 0.6 is 11.8 Å². The summed E-state index contributed by atoms with van der Waals surface area (Å²) in [5.74, 6) is -0.297. The molecule has 0 aliphatic heterocycles. The van der Waals surface area contributed by atoms with Crippen molar-refractivity contribution in [2.24, 2.45) is 5.73 Å². The smallest absolute Gasteiger partial charge is 0.227 e. The van der Waals surface area contributed by atoms with Crippen molar-refractivity contribution in [2.75, 3.05) is 5.75 Å². The van der Waals surface area contributed by atoms with Gasteiger partial charge in [0, 0.05) is 5.39 Å². The number of nitrogens with two attached hydrogens (primary N) is 1. The fraction of sp³-hybridized carbons (Fsp3) is 0.214. The molecule has 1 amide bonds. The third-order valence-corrected chi connectivity index (χ3v) is 3.85. The molecule has 0 saturated heterocycles. The van der Waals surface area contributed by atoms with E-state index in [4.69, 9.17) is 5.73 Å². The Labute approximate surface area is 115 Å². The highest BCUT2D eigenvalue weighted by atomic mass is 32.2. The molecule has 0 radical (unpaired) electrons. The molecule has 0 aliphatic carbocycles. The number of primary amides is 1. The number of aryl methyl sites for hydroxylation is 2. The first-order valence-corrected chi connectivity index (χ1v) is 6.73. The second-order valence-corrected chi connectivity index (χ2v) is 5.27. The minimum absolute atomic E-state index is 0.123. The van der Waals surface area contributed by atoms with Gasteiger partial charge < -0.3 is 5.73 Å². The SMILES string of the molecule is Cc1ccc(C)c2nc(SCC(N)=O)c(C#N)cc12. The van der Waals surface area contributed by atoms with Crippen LogP contribution in [0.2, 0.25) is 0 Å². The molecule has 0 saturated carbocycles. The van der Waals surface area contributed by atoms with Crippen molar-refractivity contribution in [3.8, 4) is 6.07 Å². The van der Waals surface area contributed by atoms with Gasteiger partial charge in [0.25, 0.3) is 0 Å². The molecule has 1 aromatic carbocycles. The molecule has 0 fully saturated rings. The minimum Gasteiger partial charge on any atom is -0.369 e. The highest BCUT2D eigenvalue weighted by molar-refractivity contribution is 8.00. The lowest BCUT2D eigenvalue weighted by Gasteiger charge is -2.08. The summed E-state index contributed by atoms with van der Waals surface area (Å²) < 4.78 is 0. The molecule has 5 heteroatoms. The third kappa shape index (κ3) is 2.69. The molecule has 4 nitrogen and oxygen atoms in total. The van der Waals surface area contributed by atoms with Crippen LogP contribution in [0, 0.1) is 25.2 Å². The van der Waals surface area contributed by atoms with Crippen LogP contribution < -0.4 is 5.73 Å². The Morgan fingerprint density at radius 1 is 1.42 bits per heavy atom. The van der Waals surface area contributed by atoms with Gasteiger partial charge in [-0.2, -0.15) is 5.26 Å².